The molecule has 1 amide bonds. The van der Waals surface area contributed by atoms with Crippen LogP contribution in [0, 0.1) is 5.92 Å². The zero-order valence-corrected chi connectivity index (χ0v) is 17.2. The van der Waals surface area contributed by atoms with Crippen LogP contribution in [0.25, 0.3) is 0 Å². The minimum atomic E-state index is -0.529. The van der Waals surface area contributed by atoms with Crippen molar-refractivity contribution in [1.82, 2.24) is 14.9 Å². The van der Waals surface area contributed by atoms with Gasteiger partial charge in [0, 0.05) is 63.3 Å². The summed E-state index contributed by atoms with van der Waals surface area (Å²) < 4.78 is 0. The number of fused-ring (bicyclic) bond motifs is 1. The summed E-state index contributed by atoms with van der Waals surface area (Å²) >= 11 is 0. The van der Waals surface area contributed by atoms with Crippen LogP contribution in [0.2, 0.25) is 0 Å². The van der Waals surface area contributed by atoms with E-state index in [2.05, 4.69) is 25.8 Å². The van der Waals surface area contributed by atoms with E-state index in [1.54, 1.807) is 18.6 Å². The Balaban J connectivity index is 1.35. The zero-order valence-electron chi connectivity index (χ0n) is 17.2. The van der Waals surface area contributed by atoms with Gasteiger partial charge in [0.25, 0.3) is 0 Å². The van der Waals surface area contributed by atoms with Crippen LogP contribution in [-0.4, -0.2) is 65.2 Å². The average molecular weight is 396 g/mol. The summed E-state index contributed by atoms with van der Waals surface area (Å²) in [7, 11) is 0. The summed E-state index contributed by atoms with van der Waals surface area (Å²) in [6, 6.07) is 6.03. The van der Waals surface area contributed by atoms with Gasteiger partial charge in [0.2, 0.25) is 5.91 Å². The minimum Gasteiger partial charge on any atom is -0.387 e. The second-order valence-electron chi connectivity index (χ2n) is 8.15. The quantitative estimate of drug-likeness (QED) is 0.833. The van der Waals surface area contributed by atoms with Crippen LogP contribution >= 0.6 is 0 Å². The number of nitrogens with zero attached hydrogens (tertiary/aromatic N) is 5. The fourth-order valence-electron chi connectivity index (χ4n) is 4.13. The highest BCUT2D eigenvalue weighted by molar-refractivity contribution is 5.96. The third kappa shape index (κ3) is 4.26. The van der Waals surface area contributed by atoms with E-state index in [1.165, 1.54) is 0 Å². The predicted molar refractivity (Wildman–Crippen MR) is 113 cm³/mol. The Hall–Kier alpha value is -2.51. The number of aromatic nitrogens is 2. The first kappa shape index (κ1) is 19.8. The number of hydrogen-bond donors (Lipinski definition) is 1. The molecule has 2 aromatic rings. The number of rotatable bonds is 5. The molecule has 29 heavy (non-hydrogen) atoms. The Kier molecular flexibility index (Phi) is 5.78. The van der Waals surface area contributed by atoms with Gasteiger partial charge in [-0.1, -0.05) is 26.0 Å². The van der Waals surface area contributed by atoms with Gasteiger partial charge in [-0.25, -0.2) is 4.98 Å². The Bertz CT molecular complexity index is 850. The highest BCUT2D eigenvalue weighted by Crippen LogP contribution is 2.32. The van der Waals surface area contributed by atoms with Crippen molar-refractivity contribution in [3.63, 3.8) is 0 Å². The number of aliphatic hydroxyl groups excluding tert-OH is 1. The maximum atomic E-state index is 12.4. The summed E-state index contributed by atoms with van der Waals surface area (Å²) in [4.78, 5) is 27.3. The lowest BCUT2D eigenvalue weighted by Gasteiger charge is -2.36. The molecule has 1 N–H and O–H groups in total. The molecule has 2 aliphatic heterocycles. The van der Waals surface area contributed by atoms with Crippen LogP contribution in [0.1, 0.15) is 31.1 Å². The van der Waals surface area contributed by atoms with Gasteiger partial charge >= 0.3 is 0 Å². The molecule has 2 aliphatic rings. The van der Waals surface area contributed by atoms with E-state index in [-0.39, 0.29) is 11.8 Å². The van der Waals surface area contributed by atoms with Crippen LogP contribution in [-0.2, 0) is 11.2 Å². The van der Waals surface area contributed by atoms with Gasteiger partial charge in [0.05, 0.1) is 12.3 Å². The first-order valence-electron chi connectivity index (χ1n) is 10.4. The molecule has 0 aliphatic carbocycles. The molecular weight excluding hydrogens is 366 g/mol. The lowest BCUT2D eigenvalue weighted by Crippen LogP contribution is -2.47. The molecule has 0 spiro atoms. The number of piperazine rings is 1. The molecule has 7 nitrogen and oxygen atoms in total. The molecule has 1 aromatic carbocycles. The first-order chi connectivity index (χ1) is 14.0. The number of amides is 1. The fraction of sp³-hybridized carbons (Fsp3) is 0.500. The normalized spacial score (nSPS) is 18.2. The second kappa shape index (κ2) is 8.47. The molecule has 3 heterocycles. The highest BCUT2D eigenvalue weighted by Gasteiger charge is 2.27. The lowest BCUT2D eigenvalue weighted by atomic mass is 10.0. The van der Waals surface area contributed by atoms with Crippen LogP contribution in [0.5, 0.6) is 0 Å². The van der Waals surface area contributed by atoms with E-state index in [1.807, 2.05) is 30.9 Å². The minimum absolute atomic E-state index is 0.00764. The van der Waals surface area contributed by atoms with Crippen LogP contribution in [0.3, 0.4) is 0 Å². The SMILES string of the molecule is CC(C)C(=O)N1CCc2cc(C(O)CN3CCN(c4cnccn4)CC3)ccc21. The van der Waals surface area contributed by atoms with E-state index in [0.29, 0.717) is 6.54 Å². The number of anilines is 2. The molecule has 1 fully saturated rings. The van der Waals surface area contributed by atoms with E-state index in [4.69, 9.17) is 0 Å². The number of β-amino-alcohol motifs (C(OH)–C–C–N with tert-alkyl or cyclic N) is 1. The Labute approximate surface area is 172 Å². The maximum Gasteiger partial charge on any atom is 0.229 e. The van der Waals surface area contributed by atoms with Crippen molar-refractivity contribution in [3.8, 4) is 0 Å². The molecule has 7 heteroatoms. The van der Waals surface area contributed by atoms with Crippen LogP contribution in [0.15, 0.2) is 36.8 Å². The van der Waals surface area contributed by atoms with E-state index in [9.17, 15) is 9.90 Å². The number of hydrogen-bond acceptors (Lipinski definition) is 6. The van der Waals surface area contributed by atoms with Crippen LogP contribution in [0.4, 0.5) is 11.5 Å². The number of aliphatic hydroxyl groups is 1. The summed E-state index contributed by atoms with van der Waals surface area (Å²) in [5, 5.41) is 10.8. The first-order valence-corrected chi connectivity index (χ1v) is 10.4. The maximum absolute atomic E-state index is 12.4. The summed E-state index contributed by atoms with van der Waals surface area (Å²) in [6.07, 6.45) is 5.52. The van der Waals surface area contributed by atoms with Crippen molar-refractivity contribution in [2.75, 3.05) is 49.1 Å². The van der Waals surface area contributed by atoms with Gasteiger partial charge in [0.15, 0.2) is 0 Å². The lowest BCUT2D eigenvalue weighted by molar-refractivity contribution is -0.121. The molecule has 0 radical (unpaired) electrons. The zero-order chi connectivity index (χ0) is 20.4. The van der Waals surface area contributed by atoms with Gasteiger partial charge in [0.1, 0.15) is 5.82 Å². The van der Waals surface area contributed by atoms with Crippen molar-refractivity contribution in [2.24, 2.45) is 5.92 Å². The third-order valence-corrected chi connectivity index (χ3v) is 5.82. The van der Waals surface area contributed by atoms with Gasteiger partial charge in [-0.3, -0.25) is 14.7 Å². The molecule has 1 atom stereocenters. The molecule has 0 bridgehead atoms. The third-order valence-electron chi connectivity index (χ3n) is 5.82. The van der Waals surface area contributed by atoms with Crippen molar-refractivity contribution < 1.29 is 9.90 Å². The number of carbonyl (C=O) groups excluding carboxylic acids is 1. The van der Waals surface area contributed by atoms with E-state index < -0.39 is 6.10 Å². The Morgan fingerprint density at radius 2 is 1.93 bits per heavy atom. The van der Waals surface area contributed by atoms with E-state index >= 15 is 0 Å². The van der Waals surface area contributed by atoms with Gasteiger partial charge < -0.3 is 14.9 Å². The molecule has 1 saturated heterocycles. The molecule has 1 aromatic heterocycles. The summed E-state index contributed by atoms with van der Waals surface area (Å²) in [5.74, 6) is 1.07. The van der Waals surface area contributed by atoms with Gasteiger partial charge in [-0.2, -0.15) is 0 Å². The topological polar surface area (TPSA) is 72.8 Å². The molecule has 154 valence electrons. The van der Waals surface area contributed by atoms with Crippen molar-refractivity contribution in [2.45, 2.75) is 26.4 Å². The second-order valence-corrected chi connectivity index (χ2v) is 8.15. The molecule has 4 rings (SSSR count). The van der Waals surface area contributed by atoms with Gasteiger partial charge in [-0.05, 0) is 23.6 Å². The monoisotopic (exact) mass is 395 g/mol. The van der Waals surface area contributed by atoms with Gasteiger partial charge in [-0.15, -0.1) is 0 Å². The van der Waals surface area contributed by atoms with Crippen molar-refractivity contribution in [1.29, 1.82) is 0 Å². The molecule has 1 unspecified atom stereocenters. The van der Waals surface area contributed by atoms with Crippen molar-refractivity contribution >= 4 is 17.4 Å². The highest BCUT2D eigenvalue weighted by atomic mass is 16.3. The van der Waals surface area contributed by atoms with E-state index in [0.717, 1.165) is 61.8 Å². The summed E-state index contributed by atoms with van der Waals surface area (Å²) in [6.45, 7) is 8.73. The standard InChI is InChI=1S/C22H29N5O2/c1-16(2)22(29)27-8-5-17-13-18(3-4-19(17)27)20(28)15-25-9-11-26(12-10-25)21-14-23-6-7-24-21/h3-4,6-7,13-14,16,20,28H,5,8-12,15H2,1-2H3. The smallest absolute Gasteiger partial charge is 0.229 e. The summed E-state index contributed by atoms with van der Waals surface area (Å²) in [5.41, 5.74) is 3.08. The predicted octanol–water partition coefficient (Wildman–Crippen LogP) is 1.88. The molecular formula is C22H29N5O2. The fourth-order valence-corrected chi connectivity index (χ4v) is 4.13. The Morgan fingerprint density at radius 3 is 2.62 bits per heavy atom. The number of benzene rings is 1. The number of carbonyl (C=O) groups is 1. The van der Waals surface area contributed by atoms with Crippen molar-refractivity contribution in [3.05, 3.63) is 47.9 Å². The molecule has 0 saturated carbocycles. The van der Waals surface area contributed by atoms with Crippen LogP contribution < -0.4 is 9.80 Å². The Morgan fingerprint density at radius 1 is 1.14 bits per heavy atom. The largest absolute Gasteiger partial charge is 0.387 e. The average Bonchev–Trinajstić information content (AvgIpc) is 3.17.